The van der Waals surface area contributed by atoms with E-state index in [4.69, 9.17) is 9.97 Å². The number of piperazine rings is 1. The van der Waals surface area contributed by atoms with E-state index in [1.165, 1.54) is 18.4 Å². The van der Waals surface area contributed by atoms with Crippen molar-refractivity contribution in [2.75, 3.05) is 36.4 Å². The highest BCUT2D eigenvalue weighted by molar-refractivity contribution is 5.94. The molecular formula is C25H29N5O. The Morgan fingerprint density at radius 2 is 1.58 bits per heavy atom. The molecule has 3 aromatic rings. The van der Waals surface area contributed by atoms with Gasteiger partial charge in [-0.05, 0) is 48.6 Å². The molecule has 0 radical (unpaired) electrons. The molecule has 1 aliphatic heterocycles. The van der Waals surface area contributed by atoms with Crippen molar-refractivity contribution in [1.82, 2.24) is 14.9 Å². The molecule has 6 heteroatoms. The zero-order chi connectivity index (χ0) is 21.4. The van der Waals surface area contributed by atoms with Crippen LogP contribution in [-0.2, 0) is 0 Å². The van der Waals surface area contributed by atoms with E-state index in [1.54, 1.807) is 0 Å². The number of benzene rings is 2. The quantitative estimate of drug-likeness (QED) is 0.674. The van der Waals surface area contributed by atoms with Crippen molar-refractivity contribution in [3.63, 3.8) is 0 Å². The molecule has 1 saturated heterocycles. The van der Waals surface area contributed by atoms with Crippen molar-refractivity contribution in [2.24, 2.45) is 0 Å². The Morgan fingerprint density at radius 1 is 0.935 bits per heavy atom. The highest BCUT2D eigenvalue weighted by atomic mass is 16.2. The van der Waals surface area contributed by atoms with Crippen LogP contribution in [0.1, 0.15) is 48.5 Å². The lowest BCUT2D eigenvalue weighted by Gasteiger charge is -2.36. The van der Waals surface area contributed by atoms with Gasteiger partial charge in [-0.1, -0.05) is 38.1 Å². The topological polar surface area (TPSA) is 61.4 Å². The van der Waals surface area contributed by atoms with Gasteiger partial charge < -0.3 is 15.1 Å². The third kappa shape index (κ3) is 4.20. The predicted octanol–water partition coefficient (Wildman–Crippen LogP) is 4.29. The SMILES string of the molecule is CC(C)c1ccc(C(=O)N2CCN(c3nc4ccccc4nc3NC3CC3)CC2)cc1. The second-order valence-electron chi connectivity index (χ2n) is 8.86. The smallest absolute Gasteiger partial charge is 0.253 e. The maximum atomic E-state index is 13.0. The van der Waals surface area contributed by atoms with Crippen LogP contribution in [0.15, 0.2) is 48.5 Å². The van der Waals surface area contributed by atoms with Crippen LogP contribution in [0.2, 0.25) is 0 Å². The number of aromatic nitrogens is 2. The fourth-order valence-electron chi connectivity index (χ4n) is 4.04. The van der Waals surface area contributed by atoms with Crippen molar-refractivity contribution in [3.8, 4) is 0 Å². The zero-order valence-electron chi connectivity index (χ0n) is 18.2. The van der Waals surface area contributed by atoms with Crippen molar-refractivity contribution in [1.29, 1.82) is 0 Å². The predicted molar refractivity (Wildman–Crippen MR) is 125 cm³/mol. The number of nitrogens with zero attached hydrogens (tertiary/aromatic N) is 4. The van der Waals surface area contributed by atoms with Gasteiger partial charge in [0.05, 0.1) is 11.0 Å². The molecule has 1 aromatic heterocycles. The summed E-state index contributed by atoms with van der Waals surface area (Å²) in [4.78, 5) is 27.0. The molecule has 2 aromatic carbocycles. The summed E-state index contributed by atoms with van der Waals surface area (Å²) < 4.78 is 0. The summed E-state index contributed by atoms with van der Waals surface area (Å²) in [5, 5.41) is 3.55. The number of amides is 1. The first-order valence-electron chi connectivity index (χ1n) is 11.3. The fraction of sp³-hybridized carbons (Fsp3) is 0.400. The van der Waals surface area contributed by atoms with E-state index in [2.05, 4.69) is 36.2 Å². The van der Waals surface area contributed by atoms with Crippen LogP contribution in [0.4, 0.5) is 11.6 Å². The summed E-state index contributed by atoms with van der Waals surface area (Å²) in [5.41, 5.74) is 3.84. The van der Waals surface area contributed by atoms with E-state index in [9.17, 15) is 4.79 Å². The minimum absolute atomic E-state index is 0.107. The van der Waals surface area contributed by atoms with Gasteiger partial charge in [0.25, 0.3) is 5.91 Å². The fourth-order valence-corrected chi connectivity index (χ4v) is 4.04. The average molecular weight is 416 g/mol. The van der Waals surface area contributed by atoms with Crippen LogP contribution in [0.3, 0.4) is 0 Å². The summed E-state index contributed by atoms with van der Waals surface area (Å²) in [6.45, 7) is 7.20. The summed E-state index contributed by atoms with van der Waals surface area (Å²) in [5.74, 6) is 2.34. The Hall–Kier alpha value is -3.15. The molecule has 1 amide bonds. The molecule has 2 aliphatic rings. The van der Waals surface area contributed by atoms with Gasteiger partial charge in [-0.2, -0.15) is 0 Å². The lowest BCUT2D eigenvalue weighted by molar-refractivity contribution is 0.0746. The molecule has 2 heterocycles. The Bertz CT molecular complexity index is 1080. The van der Waals surface area contributed by atoms with Crippen molar-refractivity contribution >= 4 is 28.6 Å². The number of carbonyl (C=O) groups is 1. The number of anilines is 2. The van der Waals surface area contributed by atoms with E-state index in [0.29, 0.717) is 25.0 Å². The standard InChI is InChI=1S/C25H29N5O/c1-17(2)18-7-9-19(10-8-18)25(31)30-15-13-29(14-16-30)24-23(26-20-11-12-20)27-21-5-3-4-6-22(21)28-24/h3-10,17,20H,11-16H2,1-2H3,(H,26,27). The average Bonchev–Trinajstić information content (AvgIpc) is 3.62. The lowest BCUT2D eigenvalue weighted by atomic mass is 10.0. The second kappa shape index (κ2) is 8.17. The number of carbonyl (C=O) groups excluding carboxylic acids is 1. The van der Waals surface area contributed by atoms with Gasteiger partial charge in [0.15, 0.2) is 11.6 Å². The minimum atomic E-state index is 0.107. The number of para-hydroxylation sites is 2. The van der Waals surface area contributed by atoms with Gasteiger partial charge in [0.1, 0.15) is 0 Å². The Morgan fingerprint density at radius 3 is 2.19 bits per heavy atom. The normalized spacial score (nSPS) is 16.7. The van der Waals surface area contributed by atoms with E-state index in [0.717, 1.165) is 41.3 Å². The highest BCUT2D eigenvalue weighted by Gasteiger charge is 2.28. The van der Waals surface area contributed by atoms with Gasteiger partial charge in [0.2, 0.25) is 0 Å². The maximum absolute atomic E-state index is 13.0. The van der Waals surface area contributed by atoms with Gasteiger partial charge in [-0.15, -0.1) is 0 Å². The molecule has 0 atom stereocenters. The molecule has 0 spiro atoms. The molecule has 1 aliphatic carbocycles. The third-order valence-corrected chi connectivity index (χ3v) is 6.16. The summed E-state index contributed by atoms with van der Waals surface area (Å²) in [6.07, 6.45) is 2.37. The van der Waals surface area contributed by atoms with Crippen molar-refractivity contribution in [2.45, 2.75) is 38.6 Å². The largest absolute Gasteiger partial charge is 0.364 e. The van der Waals surface area contributed by atoms with Gasteiger partial charge in [-0.3, -0.25) is 4.79 Å². The molecule has 2 fully saturated rings. The van der Waals surface area contributed by atoms with Crippen molar-refractivity contribution < 1.29 is 4.79 Å². The van der Waals surface area contributed by atoms with Gasteiger partial charge in [0, 0.05) is 37.8 Å². The van der Waals surface area contributed by atoms with E-state index < -0.39 is 0 Å². The molecule has 5 rings (SSSR count). The molecular weight excluding hydrogens is 386 g/mol. The summed E-state index contributed by atoms with van der Waals surface area (Å²) >= 11 is 0. The molecule has 6 nitrogen and oxygen atoms in total. The third-order valence-electron chi connectivity index (χ3n) is 6.16. The van der Waals surface area contributed by atoms with Crippen LogP contribution in [-0.4, -0.2) is 53.0 Å². The Labute approximate surface area is 183 Å². The van der Waals surface area contributed by atoms with E-state index in [-0.39, 0.29) is 5.91 Å². The van der Waals surface area contributed by atoms with Gasteiger partial charge in [-0.25, -0.2) is 9.97 Å². The molecule has 0 bridgehead atoms. The highest BCUT2D eigenvalue weighted by Crippen LogP contribution is 2.31. The maximum Gasteiger partial charge on any atom is 0.253 e. The number of hydrogen-bond donors (Lipinski definition) is 1. The number of hydrogen-bond acceptors (Lipinski definition) is 5. The van der Waals surface area contributed by atoms with E-state index in [1.807, 2.05) is 41.3 Å². The van der Waals surface area contributed by atoms with Crippen LogP contribution in [0.25, 0.3) is 11.0 Å². The Balaban J connectivity index is 1.31. The molecule has 0 unspecified atom stereocenters. The summed E-state index contributed by atoms with van der Waals surface area (Å²) in [6, 6.07) is 16.5. The lowest BCUT2D eigenvalue weighted by Crippen LogP contribution is -2.49. The Kier molecular flexibility index (Phi) is 5.22. The minimum Gasteiger partial charge on any atom is -0.364 e. The van der Waals surface area contributed by atoms with Gasteiger partial charge >= 0.3 is 0 Å². The zero-order valence-corrected chi connectivity index (χ0v) is 18.2. The number of rotatable bonds is 5. The first-order chi connectivity index (χ1) is 15.1. The number of fused-ring (bicyclic) bond motifs is 1. The molecule has 1 N–H and O–H groups in total. The van der Waals surface area contributed by atoms with Crippen molar-refractivity contribution in [3.05, 3.63) is 59.7 Å². The van der Waals surface area contributed by atoms with Crippen LogP contribution in [0, 0.1) is 0 Å². The first kappa shape index (κ1) is 19.8. The second-order valence-corrected chi connectivity index (χ2v) is 8.86. The molecule has 1 saturated carbocycles. The molecule has 31 heavy (non-hydrogen) atoms. The first-order valence-corrected chi connectivity index (χ1v) is 11.3. The molecule has 160 valence electrons. The van der Waals surface area contributed by atoms with Crippen LogP contribution >= 0.6 is 0 Å². The van der Waals surface area contributed by atoms with Crippen LogP contribution in [0.5, 0.6) is 0 Å². The summed E-state index contributed by atoms with van der Waals surface area (Å²) in [7, 11) is 0. The number of nitrogens with one attached hydrogen (secondary N) is 1. The monoisotopic (exact) mass is 415 g/mol. The van der Waals surface area contributed by atoms with Crippen LogP contribution < -0.4 is 10.2 Å². The van der Waals surface area contributed by atoms with E-state index >= 15 is 0 Å².